The molecule has 2 aromatic rings. The molecule has 20 heavy (non-hydrogen) atoms. The number of Topliss-reactive ketones (excluding diaryl/α,β-unsaturated/α-hetero) is 1. The molecule has 0 radical (unpaired) electrons. The highest BCUT2D eigenvalue weighted by Crippen LogP contribution is 2.30. The van der Waals surface area contributed by atoms with E-state index in [1.54, 1.807) is 36.4 Å². The molecule has 0 N–H and O–H groups in total. The highest BCUT2D eigenvalue weighted by atomic mass is 35.5. The summed E-state index contributed by atoms with van der Waals surface area (Å²) < 4.78 is 5.76. The highest BCUT2D eigenvalue weighted by Gasteiger charge is 2.36. The number of hydrogen-bond acceptors (Lipinski definition) is 3. The molecule has 1 heterocycles. The summed E-state index contributed by atoms with van der Waals surface area (Å²) in [6.45, 7) is 0. The van der Waals surface area contributed by atoms with E-state index in [0.717, 1.165) is 0 Å². The molecule has 2 aromatic carbocycles. The van der Waals surface area contributed by atoms with Gasteiger partial charge >= 0.3 is 0 Å². The highest BCUT2D eigenvalue weighted by molar-refractivity contribution is 6.52. The molecule has 0 aliphatic carbocycles. The lowest BCUT2D eigenvalue weighted by atomic mass is 10.0. The number of carbonyl (C=O) groups is 1. The summed E-state index contributed by atoms with van der Waals surface area (Å²) in [5, 5.41) is 12.7. The minimum absolute atomic E-state index is 0.0844. The van der Waals surface area contributed by atoms with Crippen molar-refractivity contribution in [2.75, 3.05) is 7.11 Å². The first-order valence-corrected chi connectivity index (χ1v) is 6.32. The summed E-state index contributed by atoms with van der Waals surface area (Å²) in [6.07, 6.45) is 0. The van der Waals surface area contributed by atoms with Crippen LogP contribution in [0.15, 0.2) is 42.5 Å². The first-order valence-electron chi connectivity index (χ1n) is 5.94. The SMILES string of the molecule is COc1cccc(C2=[N+]([O-])c3ccc(Cl)cc3C2=O)c1. The smallest absolute Gasteiger partial charge is 0.273 e. The second-order valence-electron chi connectivity index (χ2n) is 4.37. The standard InChI is InChI=1S/C15H10ClNO3/c1-20-11-4-2-3-9(7-11)14-15(18)12-8-10(16)5-6-13(12)17(14)19/h2-8H,1H3. The van der Waals surface area contributed by atoms with E-state index in [1.807, 2.05) is 0 Å². The van der Waals surface area contributed by atoms with Crippen molar-refractivity contribution in [1.82, 2.24) is 0 Å². The van der Waals surface area contributed by atoms with Gasteiger partial charge in [-0.25, -0.2) is 0 Å². The third-order valence-electron chi connectivity index (χ3n) is 3.18. The third-order valence-corrected chi connectivity index (χ3v) is 3.42. The van der Waals surface area contributed by atoms with Crippen LogP contribution in [0, 0.1) is 5.21 Å². The Balaban J connectivity index is 2.16. The van der Waals surface area contributed by atoms with Gasteiger partial charge in [-0.1, -0.05) is 17.7 Å². The van der Waals surface area contributed by atoms with Crippen LogP contribution in [-0.4, -0.2) is 23.3 Å². The second kappa shape index (κ2) is 4.65. The number of hydrogen-bond donors (Lipinski definition) is 0. The van der Waals surface area contributed by atoms with Gasteiger partial charge in [-0.3, -0.25) is 4.79 Å². The van der Waals surface area contributed by atoms with Crippen LogP contribution in [0.4, 0.5) is 5.69 Å². The van der Waals surface area contributed by atoms with Gasteiger partial charge in [0.05, 0.1) is 12.7 Å². The summed E-state index contributed by atoms with van der Waals surface area (Å²) >= 11 is 5.88. The van der Waals surface area contributed by atoms with Crippen LogP contribution in [0.5, 0.6) is 5.75 Å². The Morgan fingerprint density at radius 2 is 2.00 bits per heavy atom. The van der Waals surface area contributed by atoms with Gasteiger partial charge in [0.2, 0.25) is 5.69 Å². The van der Waals surface area contributed by atoms with Crippen molar-refractivity contribution in [3.05, 3.63) is 63.8 Å². The Hall–Kier alpha value is -2.33. The number of halogens is 1. The maximum atomic E-state index is 12.4. The molecule has 0 bridgehead atoms. The van der Waals surface area contributed by atoms with Crippen molar-refractivity contribution in [3.8, 4) is 5.75 Å². The van der Waals surface area contributed by atoms with E-state index in [4.69, 9.17) is 16.3 Å². The first-order chi connectivity index (χ1) is 9.61. The van der Waals surface area contributed by atoms with Crippen molar-refractivity contribution >= 4 is 28.8 Å². The topological polar surface area (TPSA) is 52.4 Å². The molecule has 100 valence electrons. The predicted molar refractivity (Wildman–Crippen MR) is 76.2 cm³/mol. The number of nitrogens with zero attached hydrogens (tertiary/aromatic N) is 1. The number of ether oxygens (including phenoxy) is 1. The summed E-state index contributed by atoms with van der Waals surface area (Å²) in [6, 6.07) is 11.5. The summed E-state index contributed by atoms with van der Waals surface area (Å²) in [7, 11) is 1.53. The van der Waals surface area contributed by atoms with Gasteiger partial charge in [-0.2, -0.15) is 4.74 Å². The van der Waals surface area contributed by atoms with Gasteiger partial charge < -0.3 is 9.94 Å². The van der Waals surface area contributed by atoms with E-state index in [1.165, 1.54) is 13.2 Å². The van der Waals surface area contributed by atoms with Gasteiger partial charge in [-0.05, 0) is 30.3 Å². The van der Waals surface area contributed by atoms with E-state index in [2.05, 4.69) is 0 Å². The van der Waals surface area contributed by atoms with E-state index in [-0.39, 0.29) is 11.5 Å². The first kappa shape index (κ1) is 12.7. The molecule has 0 amide bonds. The van der Waals surface area contributed by atoms with Crippen LogP contribution in [-0.2, 0) is 0 Å². The number of ketones is 1. The van der Waals surface area contributed by atoms with Crippen LogP contribution in [0.2, 0.25) is 5.02 Å². The molecular weight excluding hydrogens is 278 g/mol. The predicted octanol–water partition coefficient (Wildman–Crippen LogP) is 3.18. The quantitative estimate of drug-likeness (QED) is 0.630. The number of carbonyl (C=O) groups excluding carboxylic acids is 1. The van der Waals surface area contributed by atoms with Gasteiger partial charge in [0.15, 0.2) is 0 Å². The van der Waals surface area contributed by atoms with Crippen LogP contribution in [0.1, 0.15) is 15.9 Å². The van der Waals surface area contributed by atoms with E-state index < -0.39 is 0 Å². The summed E-state index contributed by atoms with van der Waals surface area (Å²) in [5.74, 6) is 0.260. The number of rotatable bonds is 2. The molecule has 0 fully saturated rings. The lowest BCUT2D eigenvalue weighted by Gasteiger charge is -2.04. The lowest BCUT2D eigenvalue weighted by molar-refractivity contribution is -0.355. The Kier molecular flexibility index (Phi) is 2.95. The minimum Gasteiger partial charge on any atom is -0.618 e. The monoisotopic (exact) mass is 287 g/mol. The molecule has 0 aromatic heterocycles. The molecule has 0 unspecified atom stereocenters. The minimum atomic E-state index is -0.328. The zero-order chi connectivity index (χ0) is 14.3. The fraction of sp³-hybridized carbons (Fsp3) is 0.0667. The molecule has 0 atom stereocenters. The fourth-order valence-corrected chi connectivity index (χ4v) is 2.40. The normalized spacial score (nSPS) is 13.6. The molecule has 4 nitrogen and oxygen atoms in total. The van der Waals surface area contributed by atoms with Crippen LogP contribution in [0.25, 0.3) is 0 Å². The molecule has 1 aliphatic heterocycles. The van der Waals surface area contributed by atoms with E-state index in [0.29, 0.717) is 32.3 Å². The molecule has 3 rings (SSSR count). The summed E-state index contributed by atoms with van der Waals surface area (Å²) in [5.41, 5.74) is 1.25. The maximum absolute atomic E-state index is 12.4. The van der Waals surface area contributed by atoms with Crippen molar-refractivity contribution < 1.29 is 14.3 Å². The van der Waals surface area contributed by atoms with Crippen molar-refractivity contribution in [2.45, 2.75) is 0 Å². The van der Waals surface area contributed by atoms with Crippen molar-refractivity contribution in [3.63, 3.8) is 0 Å². The van der Waals surface area contributed by atoms with E-state index in [9.17, 15) is 10.0 Å². The number of methoxy groups -OCH3 is 1. The number of benzene rings is 2. The average molecular weight is 288 g/mol. The molecule has 0 spiro atoms. The largest absolute Gasteiger partial charge is 0.618 e. The molecule has 5 heteroatoms. The molecular formula is C15H10ClNO3. The van der Waals surface area contributed by atoms with E-state index >= 15 is 0 Å². The second-order valence-corrected chi connectivity index (χ2v) is 4.80. The molecule has 0 saturated carbocycles. The van der Waals surface area contributed by atoms with Crippen molar-refractivity contribution in [1.29, 1.82) is 0 Å². The van der Waals surface area contributed by atoms with Crippen molar-refractivity contribution in [2.24, 2.45) is 0 Å². The van der Waals surface area contributed by atoms with Gasteiger partial charge in [-0.15, -0.1) is 0 Å². The van der Waals surface area contributed by atoms with Gasteiger partial charge in [0.1, 0.15) is 11.3 Å². The van der Waals surface area contributed by atoms with Crippen LogP contribution in [0.3, 0.4) is 0 Å². The zero-order valence-corrected chi connectivity index (χ0v) is 11.3. The molecule has 0 saturated heterocycles. The average Bonchev–Trinajstić information content (AvgIpc) is 2.70. The summed E-state index contributed by atoms with van der Waals surface area (Å²) in [4.78, 5) is 12.4. The Morgan fingerprint density at radius 1 is 1.20 bits per heavy atom. The van der Waals surface area contributed by atoms with Crippen LogP contribution < -0.4 is 4.74 Å². The Bertz CT molecular complexity index is 753. The lowest BCUT2D eigenvalue weighted by Crippen LogP contribution is -2.16. The Morgan fingerprint density at radius 3 is 2.75 bits per heavy atom. The zero-order valence-electron chi connectivity index (χ0n) is 10.6. The maximum Gasteiger partial charge on any atom is 0.273 e. The Labute approximate surface area is 120 Å². The fourth-order valence-electron chi connectivity index (χ4n) is 2.23. The molecule has 1 aliphatic rings. The van der Waals surface area contributed by atoms with Gasteiger partial charge in [0, 0.05) is 11.1 Å². The van der Waals surface area contributed by atoms with Crippen LogP contribution >= 0.6 is 11.6 Å². The number of fused-ring (bicyclic) bond motifs is 1. The van der Waals surface area contributed by atoms with Gasteiger partial charge in [0.25, 0.3) is 11.5 Å². The third kappa shape index (κ3) is 1.85.